The minimum Gasteiger partial charge on any atom is -0.478 e. The zero-order valence-electron chi connectivity index (χ0n) is 18.2. The van der Waals surface area contributed by atoms with Gasteiger partial charge in [0.1, 0.15) is 5.67 Å². The molecule has 5 aliphatic rings. The van der Waals surface area contributed by atoms with Crippen molar-refractivity contribution in [2.24, 2.45) is 10.8 Å². The number of allylic oxidation sites excluding steroid dienone is 1. The minimum atomic E-state index is -0.881. The number of benzene rings is 1. The predicted molar refractivity (Wildman–Crippen MR) is 117 cm³/mol. The molecule has 5 heteroatoms. The summed E-state index contributed by atoms with van der Waals surface area (Å²) in [6.07, 6.45) is 5.87. The maximum Gasteiger partial charge on any atom is 0.335 e. The average molecular weight is 413 g/mol. The highest BCUT2D eigenvalue weighted by Crippen LogP contribution is 2.74. The largest absolute Gasteiger partial charge is 0.478 e. The van der Waals surface area contributed by atoms with Gasteiger partial charge in [-0.1, -0.05) is 25.0 Å². The number of hydrogen-bond acceptors (Lipinski definition) is 3. The molecule has 0 spiro atoms. The Morgan fingerprint density at radius 3 is 2.27 bits per heavy atom. The smallest absolute Gasteiger partial charge is 0.335 e. The Morgan fingerprint density at radius 2 is 1.70 bits per heavy atom. The van der Waals surface area contributed by atoms with Gasteiger partial charge >= 0.3 is 5.97 Å². The first-order chi connectivity index (χ1) is 14.2. The minimum absolute atomic E-state index is 0.204. The number of rotatable bonds is 5. The zero-order valence-corrected chi connectivity index (χ0v) is 18.2. The van der Waals surface area contributed by atoms with Crippen LogP contribution in [0.4, 0.5) is 10.1 Å². The molecule has 4 nitrogen and oxygen atoms in total. The van der Waals surface area contributed by atoms with E-state index in [0.717, 1.165) is 64.1 Å². The standard InChI is InChI=1S/C25H33FN2O2/c1-23(2)8-7-19(21(13-23)24-15-25(26,16-24)17-24)14-27-9-11-28(12-10-27)20-5-3-18(4-6-20)22(29)30/h3-6H,7-17H2,1-2H3,(H,29,30). The summed E-state index contributed by atoms with van der Waals surface area (Å²) in [5.41, 5.74) is 4.37. The van der Waals surface area contributed by atoms with Crippen LogP contribution in [0.3, 0.4) is 0 Å². The van der Waals surface area contributed by atoms with Gasteiger partial charge in [0.2, 0.25) is 0 Å². The first-order valence-electron chi connectivity index (χ1n) is 11.4. The first kappa shape index (κ1) is 20.0. The Bertz CT molecular complexity index is 861. The quantitative estimate of drug-likeness (QED) is 0.698. The van der Waals surface area contributed by atoms with Crippen molar-refractivity contribution in [3.05, 3.63) is 41.0 Å². The van der Waals surface area contributed by atoms with Crippen molar-refractivity contribution in [3.8, 4) is 0 Å². The fourth-order valence-corrected chi connectivity index (χ4v) is 6.30. The van der Waals surface area contributed by atoms with Crippen molar-refractivity contribution < 1.29 is 14.3 Å². The maximum absolute atomic E-state index is 14.3. The van der Waals surface area contributed by atoms with Crippen molar-refractivity contribution in [3.63, 3.8) is 0 Å². The lowest BCUT2D eigenvalue weighted by Gasteiger charge is -2.68. The van der Waals surface area contributed by atoms with Gasteiger partial charge in [0.25, 0.3) is 0 Å². The number of carboxylic acid groups (broad SMARTS) is 1. The van der Waals surface area contributed by atoms with Crippen molar-refractivity contribution in [2.45, 2.75) is 58.0 Å². The maximum atomic E-state index is 14.3. The molecule has 0 radical (unpaired) electrons. The summed E-state index contributed by atoms with van der Waals surface area (Å²) >= 11 is 0. The van der Waals surface area contributed by atoms with Crippen LogP contribution < -0.4 is 4.90 Å². The molecule has 0 amide bonds. The summed E-state index contributed by atoms with van der Waals surface area (Å²) in [5.74, 6) is -0.881. The zero-order chi connectivity index (χ0) is 21.1. The fraction of sp³-hybridized carbons (Fsp3) is 0.640. The Kier molecular flexibility index (Phi) is 4.55. The molecule has 1 aromatic rings. The number of nitrogens with zero attached hydrogens (tertiary/aromatic N) is 2. The summed E-state index contributed by atoms with van der Waals surface area (Å²) in [6, 6.07) is 7.20. The van der Waals surface area contributed by atoms with Gasteiger partial charge in [-0.3, -0.25) is 4.90 Å². The van der Waals surface area contributed by atoms with Gasteiger partial charge in [-0.25, -0.2) is 9.18 Å². The molecule has 1 heterocycles. The van der Waals surface area contributed by atoms with E-state index >= 15 is 0 Å². The third kappa shape index (κ3) is 3.45. The Hall–Kier alpha value is -1.88. The fourth-order valence-electron chi connectivity index (χ4n) is 6.30. The van der Waals surface area contributed by atoms with E-state index in [4.69, 9.17) is 5.11 Å². The summed E-state index contributed by atoms with van der Waals surface area (Å²) in [5, 5.41) is 9.08. The molecule has 4 aliphatic carbocycles. The van der Waals surface area contributed by atoms with Gasteiger partial charge in [0.05, 0.1) is 5.56 Å². The Labute approximate surface area is 178 Å². The number of carbonyl (C=O) groups is 1. The lowest BCUT2D eigenvalue weighted by molar-refractivity contribution is -0.193. The second-order valence-corrected chi connectivity index (χ2v) is 11.0. The molecule has 1 saturated heterocycles. The molecule has 1 aliphatic heterocycles. The molecule has 0 unspecified atom stereocenters. The lowest BCUT2D eigenvalue weighted by Crippen LogP contribution is -2.65. The normalized spacial score (nSPS) is 33.1. The highest BCUT2D eigenvalue weighted by molar-refractivity contribution is 5.88. The van der Waals surface area contributed by atoms with Gasteiger partial charge < -0.3 is 10.0 Å². The second-order valence-electron chi connectivity index (χ2n) is 11.0. The van der Waals surface area contributed by atoms with E-state index in [9.17, 15) is 9.18 Å². The first-order valence-corrected chi connectivity index (χ1v) is 11.4. The molecule has 1 aromatic carbocycles. The number of hydrogen-bond donors (Lipinski definition) is 1. The topological polar surface area (TPSA) is 43.8 Å². The van der Waals surface area contributed by atoms with Crippen LogP contribution in [0.5, 0.6) is 0 Å². The molecule has 0 atom stereocenters. The van der Waals surface area contributed by atoms with Gasteiger partial charge in [-0.15, -0.1) is 0 Å². The predicted octanol–water partition coefficient (Wildman–Crippen LogP) is 4.91. The summed E-state index contributed by atoms with van der Waals surface area (Å²) in [4.78, 5) is 16.0. The Morgan fingerprint density at radius 1 is 1.07 bits per heavy atom. The molecule has 162 valence electrons. The second kappa shape index (κ2) is 6.81. The highest BCUT2D eigenvalue weighted by Gasteiger charge is 2.70. The average Bonchev–Trinajstić information content (AvgIpc) is 2.67. The van der Waals surface area contributed by atoms with Crippen molar-refractivity contribution in [1.82, 2.24) is 4.90 Å². The molecule has 3 saturated carbocycles. The van der Waals surface area contributed by atoms with E-state index < -0.39 is 11.6 Å². The monoisotopic (exact) mass is 412 g/mol. The van der Waals surface area contributed by atoms with E-state index in [1.807, 2.05) is 12.1 Å². The molecule has 6 rings (SSSR count). The van der Waals surface area contributed by atoms with Crippen molar-refractivity contribution >= 4 is 11.7 Å². The van der Waals surface area contributed by atoms with Crippen LogP contribution in [0.1, 0.15) is 62.7 Å². The van der Waals surface area contributed by atoms with Crippen LogP contribution in [0.15, 0.2) is 35.4 Å². The summed E-state index contributed by atoms with van der Waals surface area (Å²) in [7, 11) is 0. The molecule has 0 aromatic heterocycles. The van der Waals surface area contributed by atoms with Crippen LogP contribution >= 0.6 is 0 Å². The van der Waals surface area contributed by atoms with E-state index in [1.165, 1.54) is 12.8 Å². The van der Waals surface area contributed by atoms with E-state index in [0.29, 0.717) is 11.0 Å². The van der Waals surface area contributed by atoms with Crippen LogP contribution in [0.25, 0.3) is 0 Å². The van der Waals surface area contributed by atoms with Gasteiger partial charge in [-0.2, -0.15) is 0 Å². The van der Waals surface area contributed by atoms with Crippen molar-refractivity contribution in [2.75, 3.05) is 37.6 Å². The summed E-state index contributed by atoms with van der Waals surface area (Å²) in [6.45, 7) is 9.72. The summed E-state index contributed by atoms with van der Waals surface area (Å²) < 4.78 is 14.3. The molecule has 1 N–H and O–H groups in total. The third-order valence-corrected chi connectivity index (χ3v) is 8.06. The number of alkyl halides is 1. The number of anilines is 1. The molecular weight excluding hydrogens is 379 g/mol. The van der Waals surface area contributed by atoms with Gasteiger partial charge in [-0.05, 0) is 68.2 Å². The van der Waals surface area contributed by atoms with Gasteiger partial charge in [0.15, 0.2) is 0 Å². The van der Waals surface area contributed by atoms with E-state index in [2.05, 4.69) is 23.6 Å². The SMILES string of the molecule is CC1(C)CCC(CN2CCN(c3ccc(C(=O)O)cc3)CC2)=C(C23CC(F)(C2)C3)C1. The molecule has 30 heavy (non-hydrogen) atoms. The molecule has 2 bridgehead atoms. The Balaban J connectivity index is 1.24. The number of halogens is 1. The molecule has 4 fully saturated rings. The van der Waals surface area contributed by atoms with Crippen LogP contribution in [-0.2, 0) is 0 Å². The van der Waals surface area contributed by atoms with E-state index in [1.54, 1.807) is 23.3 Å². The van der Waals surface area contributed by atoms with Crippen LogP contribution in [-0.4, -0.2) is 54.4 Å². The number of piperazine rings is 1. The van der Waals surface area contributed by atoms with Gasteiger partial charge in [0, 0.05) is 43.8 Å². The van der Waals surface area contributed by atoms with Crippen LogP contribution in [0.2, 0.25) is 0 Å². The third-order valence-electron chi connectivity index (χ3n) is 8.06. The molecular formula is C25H33FN2O2. The lowest BCUT2D eigenvalue weighted by atomic mass is 9.38. The number of carboxylic acids is 1. The van der Waals surface area contributed by atoms with Crippen LogP contribution in [0, 0.1) is 10.8 Å². The van der Waals surface area contributed by atoms with E-state index in [-0.39, 0.29) is 5.41 Å². The number of aromatic carboxylic acids is 1. The highest BCUT2D eigenvalue weighted by atomic mass is 19.1. The van der Waals surface area contributed by atoms with Crippen molar-refractivity contribution in [1.29, 1.82) is 0 Å².